The fourth-order valence-corrected chi connectivity index (χ4v) is 4.14. The van der Waals surface area contributed by atoms with E-state index in [-0.39, 0.29) is 0 Å². The molecule has 0 aromatic heterocycles. The summed E-state index contributed by atoms with van der Waals surface area (Å²) in [7, 11) is 0. The van der Waals surface area contributed by atoms with Crippen molar-refractivity contribution in [3.8, 4) is 0 Å². The maximum Gasteiger partial charge on any atom is 0.00387 e. The third-order valence-electron chi connectivity index (χ3n) is 5.51. The van der Waals surface area contributed by atoms with Gasteiger partial charge in [-0.25, -0.2) is 0 Å². The predicted octanol–water partition coefficient (Wildman–Crippen LogP) is 3.67. The van der Waals surface area contributed by atoms with Gasteiger partial charge in [0.15, 0.2) is 0 Å². The maximum atomic E-state index is 3.72. The number of hydrogen-bond acceptors (Lipinski definition) is 2. The van der Waals surface area contributed by atoms with Crippen LogP contribution in [0.2, 0.25) is 0 Å². The SMILES string of the molecule is CCCC(C)NCC1CC2(CCN(C(C)C)CC2)C1. The van der Waals surface area contributed by atoms with Crippen molar-refractivity contribution < 1.29 is 0 Å². The van der Waals surface area contributed by atoms with E-state index in [4.69, 9.17) is 0 Å². The Balaban J connectivity index is 1.63. The Morgan fingerprint density at radius 2 is 1.79 bits per heavy atom. The van der Waals surface area contributed by atoms with Crippen molar-refractivity contribution in [2.24, 2.45) is 11.3 Å². The number of likely N-dealkylation sites (tertiary alicyclic amines) is 1. The number of hydrogen-bond donors (Lipinski definition) is 1. The van der Waals surface area contributed by atoms with Crippen LogP contribution < -0.4 is 5.32 Å². The molecule has 0 radical (unpaired) electrons. The third-order valence-corrected chi connectivity index (χ3v) is 5.51. The zero-order valence-electron chi connectivity index (χ0n) is 13.5. The molecular formula is C17H34N2. The van der Waals surface area contributed by atoms with Crippen molar-refractivity contribution >= 4 is 0 Å². The molecule has 0 amide bonds. The minimum Gasteiger partial charge on any atom is -0.314 e. The van der Waals surface area contributed by atoms with E-state index in [0.717, 1.165) is 17.4 Å². The normalized spacial score (nSPS) is 25.7. The molecule has 2 aliphatic rings. The number of nitrogens with one attached hydrogen (secondary N) is 1. The van der Waals surface area contributed by atoms with Gasteiger partial charge in [-0.3, -0.25) is 0 Å². The summed E-state index contributed by atoms with van der Waals surface area (Å²) in [6, 6.07) is 1.45. The second-order valence-electron chi connectivity index (χ2n) is 7.50. The van der Waals surface area contributed by atoms with Crippen LogP contribution in [-0.4, -0.2) is 36.6 Å². The lowest BCUT2D eigenvalue weighted by molar-refractivity contribution is -0.0204. The van der Waals surface area contributed by atoms with Gasteiger partial charge in [-0.15, -0.1) is 0 Å². The highest BCUT2D eigenvalue weighted by Gasteiger charge is 2.45. The molecule has 0 aromatic carbocycles. The molecule has 1 saturated heterocycles. The van der Waals surface area contributed by atoms with Crippen molar-refractivity contribution in [3.63, 3.8) is 0 Å². The van der Waals surface area contributed by atoms with Gasteiger partial charge in [-0.1, -0.05) is 13.3 Å². The summed E-state index contributed by atoms with van der Waals surface area (Å²) in [6.45, 7) is 13.2. The van der Waals surface area contributed by atoms with Crippen LogP contribution in [0.25, 0.3) is 0 Å². The van der Waals surface area contributed by atoms with E-state index in [1.165, 1.54) is 58.2 Å². The Labute approximate surface area is 120 Å². The molecule has 1 saturated carbocycles. The van der Waals surface area contributed by atoms with Crippen LogP contribution in [-0.2, 0) is 0 Å². The first-order chi connectivity index (χ1) is 9.04. The lowest BCUT2D eigenvalue weighted by atomic mass is 9.57. The number of piperidine rings is 1. The van der Waals surface area contributed by atoms with E-state index in [1.807, 2.05) is 0 Å². The summed E-state index contributed by atoms with van der Waals surface area (Å²) in [5, 5.41) is 3.72. The first-order valence-electron chi connectivity index (χ1n) is 8.52. The van der Waals surface area contributed by atoms with Crippen LogP contribution in [0.5, 0.6) is 0 Å². The van der Waals surface area contributed by atoms with Crippen molar-refractivity contribution in [1.82, 2.24) is 10.2 Å². The number of nitrogens with zero attached hydrogens (tertiary/aromatic N) is 1. The zero-order chi connectivity index (χ0) is 13.9. The Morgan fingerprint density at radius 1 is 1.16 bits per heavy atom. The van der Waals surface area contributed by atoms with E-state index in [0.29, 0.717) is 6.04 Å². The topological polar surface area (TPSA) is 15.3 Å². The molecule has 0 bridgehead atoms. The van der Waals surface area contributed by atoms with Gasteiger partial charge in [-0.05, 0) is 83.8 Å². The van der Waals surface area contributed by atoms with Crippen molar-refractivity contribution in [2.45, 2.75) is 78.3 Å². The van der Waals surface area contributed by atoms with Gasteiger partial charge < -0.3 is 10.2 Å². The van der Waals surface area contributed by atoms with Gasteiger partial charge in [0, 0.05) is 12.1 Å². The Bertz CT molecular complexity index is 258. The molecule has 19 heavy (non-hydrogen) atoms. The van der Waals surface area contributed by atoms with E-state index < -0.39 is 0 Å². The molecular weight excluding hydrogens is 232 g/mol. The van der Waals surface area contributed by atoms with Crippen LogP contribution in [0.15, 0.2) is 0 Å². The fourth-order valence-electron chi connectivity index (χ4n) is 4.14. The quantitative estimate of drug-likeness (QED) is 0.789. The monoisotopic (exact) mass is 266 g/mol. The molecule has 2 nitrogen and oxygen atoms in total. The highest BCUT2D eigenvalue weighted by atomic mass is 15.2. The minimum atomic E-state index is 0.712. The van der Waals surface area contributed by atoms with E-state index in [9.17, 15) is 0 Å². The molecule has 0 aromatic rings. The molecule has 1 atom stereocenters. The molecule has 1 aliphatic heterocycles. The summed E-state index contributed by atoms with van der Waals surface area (Å²) < 4.78 is 0. The van der Waals surface area contributed by atoms with Crippen molar-refractivity contribution in [2.75, 3.05) is 19.6 Å². The predicted molar refractivity (Wildman–Crippen MR) is 83.5 cm³/mol. The van der Waals surface area contributed by atoms with Crippen LogP contribution in [0, 0.1) is 11.3 Å². The maximum absolute atomic E-state index is 3.72. The lowest BCUT2D eigenvalue weighted by Crippen LogP contribution is -2.51. The first-order valence-corrected chi connectivity index (χ1v) is 8.52. The van der Waals surface area contributed by atoms with Crippen LogP contribution >= 0.6 is 0 Å². The minimum absolute atomic E-state index is 0.712. The molecule has 1 heterocycles. The molecule has 2 fully saturated rings. The first kappa shape index (κ1) is 15.3. The van der Waals surface area contributed by atoms with Gasteiger partial charge >= 0.3 is 0 Å². The molecule has 1 N–H and O–H groups in total. The Hall–Kier alpha value is -0.0800. The molecule has 2 rings (SSSR count). The van der Waals surface area contributed by atoms with Crippen molar-refractivity contribution in [3.05, 3.63) is 0 Å². The summed E-state index contributed by atoms with van der Waals surface area (Å²) in [6.07, 6.45) is 8.50. The molecule has 1 unspecified atom stereocenters. The van der Waals surface area contributed by atoms with E-state index in [1.54, 1.807) is 0 Å². The number of rotatable bonds is 6. The summed E-state index contributed by atoms with van der Waals surface area (Å²) in [4.78, 5) is 2.65. The van der Waals surface area contributed by atoms with Crippen LogP contribution in [0.4, 0.5) is 0 Å². The van der Waals surface area contributed by atoms with Crippen LogP contribution in [0.1, 0.15) is 66.2 Å². The Morgan fingerprint density at radius 3 is 2.32 bits per heavy atom. The van der Waals surface area contributed by atoms with Gasteiger partial charge in [0.25, 0.3) is 0 Å². The van der Waals surface area contributed by atoms with Gasteiger partial charge in [0.05, 0.1) is 0 Å². The fraction of sp³-hybridized carbons (Fsp3) is 1.00. The second-order valence-corrected chi connectivity index (χ2v) is 7.50. The van der Waals surface area contributed by atoms with Crippen LogP contribution in [0.3, 0.4) is 0 Å². The molecule has 1 spiro atoms. The highest BCUT2D eigenvalue weighted by molar-refractivity contribution is 4.98. The standard InChI is InChI=1S/C17H34N2/c1-5-6-15(4)18-13-16-11-17(12-16)7-9-19(10-8-17)14(2)3/h14-16,18H,5-13H2,1-4H3. The van der Waals surface area contributed by atoms with Crippen molar-refractivity contribution in [1.29, 1.82) is 0 Å². The summed E-state index contributed by atoms with van der Waals surface area (Å²) in [5.41, 5.74) is 0.742. The largest absolute Gasteiger partial charge is 0.314 e. The summed E-state index contributed by atoms with van der Waals surface area (Å²) in [5.74, 6) is 0.963. The van der Waals surface area contributed by atoms with Gasteiger partial charge in [-0.2, -0.15) is 0 Å². The average molecular weight is 266 g/mol. The molecule has 1 aliphatic carbocycles. The second kappa shape index (κ2) is 6.58. The Kier molecular flexibility index (Phi) is 5.30. The smallest absolute Gasteiger partial charge is 0.00387 e. The third kappa shape index (κ3) is 3.95. The van der Waals surface area contributed by atoms with Gasteiger partial charge in [0.1, 0.15) is 0 Å². The lowest BCUT2D eigenvalue weighted by Gasteiger charge is -2.53. The highest BCUT2D eigenvalue weighted by Crippen LogP contribution is 2.52. The van der Waals surface area contributed by atoms with Gasteiger partial charge in [0.2, 0.25) is 0 Å². The zero-order valence-corrected chi connectivity index (χ0v) is 13.5. The molecule has 112 valence electrons. The van der Waals surface area contributed by atoms with E-state index >= 15 is 0 Å². The average Bonchev–Trinajstić information content (AvgIpc) is 2.34. The van der Waals surface area contributed by atoms with E-state index in [2.05, 4.69) is 37.9 Å². The molecule has 2 heteroatoms. The summed E-state index contributed by atoms with van der Waals surface area (Å²) >= 11 is 0.